The Morgan fingerprint density at radius 1 is 1.12 bits per heavy atom. The first kappa shape index (κ1) is 33.1. The number of amides is 1. The summed E-state index contributed by atoms with van der Waals surface area (Å²) in [6, 6.07) is 2.26. The minimum Gasteiger partial charge on any atom is -0.461 e. The van der Waals surface area contributed by atoms with Crippen molar-refractivity contribution in [3.05, 3.63) is 21.9 Å². The van der Waals surface area contributed by atoms with Crippen molar-refractivity contribution in [1.82, 2.24) is 34.9 Å². The molecule has 266 valence electrons. The van der Waals surface area contributed by atoms with Crippen LogP contribution in [0.3, 0.4) is 0 Å². The molecule has 3 aromatic rings. The summed E-state index contributed by atoms with van der Waals surface area (Å²) >= 11 is 1.44. The summed E-state index contributed by atoms with van der Waals surface area (Å²) in [4.78, 5) is 39.4. The van der Waals surface area contributed by atoms with Crippen LogP contribution in [0.2, 0.25) is 0 Å². The molecule has 4 saturated heterocycles. The number of carbonyl (C=O) groups is 1. The predicted molar refractivity (Wildman–Crippen MR) is 182 cm³/mol. The van der Waals surface area contributed by atoms with E-state index in [-0.39, 0.29) is 42.4 Å². The fourth-order valence-electron chi connectivity index (χ4n) is 8.83. The van der Waals surface area contributed by atoms with E-state index in [0.717, 1.165) is 55.5 Å². The highest BCUT2D eigenvalue weighted by Crippen LogP contribution is 2.49. The van der Waals surface area contributed by atoms with Gasteiger partial charge in [0.1, 0.15) is 29.4 Å². The van der Waals surface area contributed by atoms with Gasteiger partial charge in [-0.1, -0.05) is 5.16 Å². The lowest BCUT2D eigenvalue weighted by Gasteiger charge is -2.41. The van der Waals surface area contributed by atoms with Crippen molar-refractivity contribution in [2.24, 2.45) is 0 Å². The first-order valence-electron chi connectivity index (χ1n) is 17.6. The first-order chi connectivity index (χ1) is 23.9. The van der Waals surface area contributed by atoms with Gasteiger partial charge < -0.3 is 24.6 Å². The third-order valence-corrected chi connectivity index (χ3v) is 12.1. The van der Waals surface area contributed by atoms with Crippen molar-refractivity contribution in [3.63, 3.8) is 0 Å². The van der Waals surface area contributed by atoms with E-state index in [1.807, 2.05) is 32.6 Å². The van der Waals surface area contributed by atoms with E-state index in [9.17, 15) is 14.4 Å². The normalized spacial score (nSPS) is 29.2. The molecule has 3 aromatic heterocycles. The van der Waals surface area contributed by atoms with Gasteiger partial charge in [-0.3, -0.25) is 9.80 Å². The zero-order valence-electron chi connectivity index (χ0n) is 28.9. The molecular formula is C34H43FN10O4S. The Bertz CT molecular complexity index is 1840. The zero-order chi connectivity index (χ0) is 35.0. The molecule has 0 radical (unpaired) electrons. The maximum absolute atomic E-state index is 14.6. The first-order valence-corrected chi connectivity index (χ1v) is 18.4. The predicted octanol–water partition coefficient (Wildman–Crippen LogP) is 4.62. The molecule has 0 spiro atoms. The minimum absolute atomic E-state index is 0.0660. The number of fused-ring (bicyclic) bond motifs is 4. The number of rotatable bonds is 6. The number of halogens is 1. The molecule has 2 bridgehead atoms. The SMILES string of the molecule is CC(C)(C)OC(=O)N1[C@@H]2CC[C@H]1CN(c1nc(OC[C@@]34CCCN3C[C@H](F)C4)nc(-c3noc([C@]4(C)CCCc5sc(N)c(C#N)c54)n3)n1)C2. The second-order valence-corrected chi connectivity index (χ2v) is 16.8. The Labute approximate surface area is 294 Å². The number of anilines is 2. The molecule has 14 nitrogen and oxygen atoms in total. The van der Waals surface area contributed by atoms with Gasteiger partial charge in [0.15, 0.2) is 0 Å². The molecule has 0 unspecified atom stereocenters. The van der Waals surface area contributed by atoms with E-state index in [1.165, 1.54) is 11.3 Å². The van der Waals surface area contributed by atoms with Crippen LogP contribution in [0.1, 0.15) is 94.5 Å². The van der Waals surface area contributed by atoms with Gasteiger partial charge in [0, 0.05) is 36.5 Å². The highest BCUT2D eigenvalue weighted by atomic mass is 32.1. The Kier molecular flexibility index (Phi) is 7.94. The van der Waals surface area contributed by atoms with Crippen LogP contribution < -0.4 is 15.4 Å². The third-order valence-electron chi connectivity index (χ3n) is 11.1. The summed E-state index contributed by atoms with van der Waals surface area (Å²) in [5.41, 5.74) is 5.88. The molecule has 7 heterocycles. The summed E-state index contributed by atoms with van der Waals surface area (Å²) in [6.45, 7) is 10.2. The monoisotopic (exact) mass is 706 g/mol. The summed E-state index contributed by atoms with van der Waals surface area (Å²) < 4.78 is 32.5. The molecule has 0 aromatic carbocycles. The van der Waals surface area contributed by atoms with E-state index in [1.54, 1.807) is 0 Å². The topological polar surface area (TPSA) is 173 Å². The molecule has 8 rings (SSSR count). The fourth-order valence-corrected chi connectivity index (χ4v) is 10.0. The van der Waals surface area contributed by atoms with Gasteiger partial charge >= 0.3 is 12.1 Å². The Morgan fingerprint density at radius 3 is 2.64 bits per heavy atom. The molecule has 50 heavy (non-hydrogen) atoms. The summed E-state index contributed by atoms with van der Waals surface area (Å²) in [5.74, 6) is 1.10. The van der Waals surface area contributed by atoms with Crippen molar-refractivity contribution in [3.8, 4) is 23.7 Å². The number of hydrogen-bond acceptors (Lipinski definition) is 14. The van der Waals surface area contributed by atoms with Crippen LogP contribution in [0.25, 0.3) is 11.6 Å². The molecule has 16 heteroatoms. The smallest absolute Gasteiger partial charge is 0.410 e. The summed E-state index contributed by atoms with van der Waals surface area (Å²) in [6.07, 6.45) is 5.18. The zero-order valence-corrected chi connectivity index (χ0v) is 29.8. The van der Waals surface area contributed by atoms with Crippen molar-refractivity contribution < 1.29 is 23.2 Å². The van der Waals surface area contributed by atoms with Crippen molar-refractivity contribution in [2.45, 2.75) is 114 Å². The molecule has 1 aliphatic carbocycles. The van der Waals surface area contributed by atoms with Crippen molar-refractivity contribution >= 4 is 28.4 Å². The molecule has 0 saturated carbocycles. The Hall–Kier alpha value is -4.10. The number of aromatic nitrogens is 5. The Balaban J connectivity index is 1.12. The van der Waals surface area contributed by atoms with Gasteiger partial charge in [0.2, 0.25) is 23.5 Å². The molecule has 5 atom stereocenters. The molecule has 5 aliphatic rings. The number of hydrogen-bond donors (Lipinski definition) is 1. The van der Waals surface area contributed by atoms with Crippen LogP contribution in [0.5, 0.6) is 6.01 Å². The second-order valence-electron chi connectivity index (χ2n) is 15.6. The maximum Gasteiger partial charge on any atom is 0.410 e. The highest BCUT2D eigenvalue weighted by molar-refractivity contribution is 7.16. The van der Waals surface area contributed by atoms with Crippen LogP contribution in [0, 0.1) is 11.3 Å². The van der Waals surface area contributed by atoms with E-state index >= 15 is 0 Å². The molecule has 4 aliphatic heterocycles. The lowest BCUT2D eigenvalue weighted by atomic mass is 9.72. The average molecular weight is 707 g/mol. The molecule has 2 N–H and O–H groups in total. The van der Waals surface area contributed by atoms with Gasteiger partial charge in [-0.15, -0.1) is 11.3 Å². The number of aryl methyl sites for hydroxylation is 1. The number of carbonyl (C=O) groups excluding carboxylic acids is 1. The van der Waals surface area contributed by atoms with E-state index in [2.05, 4.69) is 26.0 Å². The highest BCUT2D eigenvalue weighted by Gasteiger charge is 2.50. The summed E-state index contributed by atoms with van der Waals surface area (Å²) in [7, 11) is 0. The molecule has 4 fully saturated rings. The lowest BCUT2D eigenvalue weighted by molar-refractivity contribution is 0.0122. The van der Waals surface area contributed by atoms with Gasteiger partial charge in [-0.2, -0.15) is 25.2 Å². The van der Waals surface area contributed by atoms with Crippen molar-refractivity contribution in [2.75, 3.05) is 43.4 Å². The van der Waals surface area contributed by atoms with Crippen LogP contribution in [-0.4, -0.2) is 103 Å². The number of alkyl halides is 1. The number of nitriles is 1. The second kappa shape index (κ2) is 12.0. The van der Waals surface area contributed by atoms with Crippen LogP contribution >= 0.6 is 11.3 Å². The van der Waals surface area contributed by atoms with Crippen LogP contribution in [0.15, 0.2) is 4.52 Å². The molecular weight excluding hydrogens is 664 g/mol. The van der Waals surface area contributed by atoms with Gasteiger partial charge in [-0.25, -0.2) is 9.18 Å². The largest absolute Gasteiger partial charge is 0.461 e. The fraction of sp³-hybridized carbons (Fsp3) is 0.676. The van der Waals surface area contributed by atoms with Gasteiger partial charge in [0.25, 0.3) is 0 Å². The standard InChI is InChI=1S/C34H43FN10O4S/c1-32(2,3)48-31(46)45-20-8-9-21(45)17-43(16-20)29-39-26(40-30(41-29)47-18-34-11-6-12-44(34)15-19(35)13-34)27-38-28(49-42-27)33(4)10-5-7-23-24(33)22(14-36)25(37)50-23/h19-21H,5-13,15-18,37H2,1-4H3/t19-,20-,21+,33-,34+/m1/s1. The van der Waals surface area contributed by atoms with Crippen LogP contribution in [-0.2, 0) is 16.6 Å². The minimum atomic E-state index is -0.889. The number of thiophene rings is 1. The van der Waals surface area contributed by atoms with Crippen molar-refractivity contribution in [1.29, 1.82) is 5.26 Å². The number of nitrogens with two attached hydrogens (primary N) is 1. The summed E-state index contributed by atoms with van der Waals surface area (Å²) in [5, 5.41) is 14.8. The van der Waals surface area contributed by atoms with Crippen LogP contribution in [0.4, 0.5) is 20.1 Å². The number of piperazine rings is 1. The maximum atomic E-state index is 14.6. The third kappa shape index (κ3) is 5.62. The van der Waals surface area contributed by atoms with E-state index in [4.69, 9.17) is 34.7 Å². The lowest BCUT2D eigenvalue weighted by Crippen LogP contribution is -2.57. The Morgan fingerprint density at radius 2 is 1.90 bits per heavy atom. The van der Waals surface area contributed by atoms with Gasteiger partial charge in [0.05, 0.1) is 28.6 Å². The number of nitrogen functional groups attached to an aromatic ring is 1. The quantitative estimate of drug-likeness (QED) is 0.377. The number of ether oxygens (including phenoxy) is 2. The number of nitrogens with zero attached hydrogens (tertiary/aromatic N) is 9. The van der Waals surface area contributed by atoms with E-state index < -0.39 is 22.7 Å². The molecule has 1 amide bonds. The van der Waals surface area contributed by atoms with E-state index in [0.29, 0.717) is 54.9 Å². The van der Waals surface area contributed by atoms with Gasteiger partial charge in [-0.05, 0) is 79.2 Å². The average Bonchev–Trinajstić information content (AvgIpc) is 3.87.